The van der Waals surface area contributed by atoms with Crippen molar-refractivity contribution in [3.05, 3.63) is 29.8 Å². The van der Waals surface area contributed by atoms with E-state index in [9.17, 15) is 0 Å². The van der Waals surface area contributed by atoms with E-state index in [-0.39, 0.29) is 0 Å². The van der Waals surface area contributed by atoms with Crippen LogP contribution in [0.3, 0.4) is 0 Å². The van der Waals surface area contributed by atoms with Crippen LogP contribution >= 0.6 is 0 Å². The van der Waals surface area contributed by atoms with Crippen LogP contribution in [0.1, 0.15) is 5.56 Å². The summed E-state index contributed by atoms with van der Waals surface area (Å²) in [5.74, 6) is 0. The fourth-order valence-corrected chi connectivity index (χ4v) is 3.67. The van der Waals surface area contributed by atoms with Gasteiger partial charge in [-0.05, 0) is 0 Å². The predicted molar refractivity (Wildman–Crippen MR) is 52.0 cm³/mol. The zero-order chi connectivity index (χ0) is 8.27. The molecule has 2 N–H and O–H groups in total. The maximum atomic E-state index is 5.57. The van der Waals surface area contributed by atoms with Gasteiger partial charge < -0.3 is 0 Å². The van der Waals surface area contributed by atoms with Crippen molar-refractivity contribution in [3.63, 3.8) is 0 Å². The first kappa shape index (κ1) is 8.93. The molecule has 0 bridgehead atoms. The second-order valence-electron chi connectivity index (χ2n) is 2.98. The van der Waals surface area contributed by atoms with E-state index in [4.69, 9.17) is 5.73 Å². The Kier molecular flexibility index (Phi) is 3.26. The molecular weight excluding hydrogens is 244 g/mol. The van der Waals surface area contributed by atoms with Crippen LogP contribution in [0.2, 0.25) is 9.74 Å². The third kappa shape index (κ3) is 3.16. The van der Waals surface area contributed by atoms with Crippen molar-refractivity contribution in [2.24, 2.45) is 0 Å². The molecule has 0 atom stereocenters. The van der Waals surface area contributed by atoms with Gasteiger partial charge in [-0.3, -0.25) is 0 Å². The van der Waals surface area contributed by atoms with Crippen LogP contribution in [-0.4, -0.2) is 20.2 Å². The third-order valence-electron chi connectivity index (χ3n) is 1.48. The summed E-state index contributed by atoms with van der Waals surface area (Å²) >= 11 is -0.830. The molecule has 60 valence electrons. The molecule has 0 radical (unpaired) electrons. The number of anilines is 1. The summed E-state index contributed by atoms with van der Waals surface area (Å²) in [5, 5.41) is 0. The molecule has 0 fully saturated rings. The molecule has 0 saturated heterocycles. The Morgan fingerprint density at radius 1 is 1.18 bits per heavy atom. The molecule has 0 unspecified atom stereocenters. The van der Waals surface area contributed by atoms with E-state index in [1.165, 1.54) is 9.93 Å². The average Bonchev–Trinajstić information content (AvgIpc) is 1.93. The number of nitrogen functional groups attached to an aromatic ring is 1. The summed E-state index contributed by atoms with van der Waals surface area (Å²) in [5.41, 5.74) is 7.89. The first-order valence-corrected chi connectivity index (χ1v) is 10.6. The van der Waals surface area contributed by atoms with Crippen molar-refractivity contribution in [2.45, 2.75) is 14.1 Å². The molecule has 0 saturated carbocycles. The average molecular weight is 258 g/mol. The standard InChI is InChI=1S/C7H8N.2CH3.Sb/c1-6-2-4-7(8)5-3-6;;;/h2-5H,1,8H2;2*1H3;. The van der Waals surface area contributed by atoms with E-state index in [2.05, 4.69) is 21.9 Å². The summed E-state index contributed by atoms with van der Waals surface area (Å²) < 4.78 is 1.32. The van der Waals surface area contributed by atoms with Crippen molar-refractivity contribution >= 4 is 25.9 Å². The maximum absolute atomic E-state index is 5.57. The van der Waals surface area contributed by atoms with E-state index < -0.39 is 20.2 Å². The molecule has 1 aromatic carbocycles. The third-order valence-corrected chi connectivity index (χ3v) is 4.33. The number of rotatable bonds is 2. The second kappa shape index (κ2) is 4.01. The van der Waals surface area contributed by atoms with Gasteiger partial charge in [0.25, 0.3) is 0 Å². The Morgan fingerprint density at radius 2 is 1.73 bits per heavy atom. The van der Waals surface area contributed by atoms with Crippen molar-refractivity contribution in [1.82, 2.24) is 0 Å². The van der Waals surface area contributed by atoms with E-state index >= 15 is 0 Å². The van der Waals surface area contributed by atoms with Crippen molar-refractivity contribution in [1.29, 1.82) is 0 Å². The van der Waals surface area contributed by atoms with Gasteiger partial charge in [0.1, 0.15) is 0 Å². The minimum atomic E-state index is -0.830. The van der Waals surface area contributed by atoms with E-state index in [1.54, 1.807) is 0 Å². The topological polar surface area (TPSA) is 26.0 Å². The van der Waals surface area contributed by atoms with Crippen LogP contribution in [0.15, 0.2) is 24.3 Å². The number of hydrogen-bond acceptors (Lipinski definition) is 1. The Balaban J connectivity index is 2.66. The molecule has 0 aliphatic heterocycles. The summed E-state index contributed by atoms with van der Waals surface area (Å²) in [6.07, 6.45) is 0. The first-order valence-electron chi connectivity index (χ1n) is 3.67. The molecule has 2 heteroatoms. The zero-order valence-corrected chi connectivity index (χ0v) is 9.59. The van der Waals surface area contributed by atoms with Gasteiger partial charge >= 0.3 is 75.6 Å². The molecule has 0 aromatic heterocycles. The van der Waals surface area contributed by atoms with E-state index in [0.717, 1.165) is 5.69 Å². The van der Waals surface area contributed by atoms with Gasteiger partial charge in [-0.25, -0.2) is 0 Å². The van der Waals surface area contributed by atoms with Crippen molar-refractivity contribution in [2.75, 3.05) is 5.73 Å². The normalized spacial score (nSPS) is 10.5. The molecule has 0 spiro atoms. The fourth-order valence-electron chi connectivity index (χ4n) is 0.988. The Bertz CT molecular complexity index is 216. The first-order chi connectivity index (χ1) is 5.18. The number of benzene rings is 1. The molecule has 11 heavy (non-hydrogen) atoms. The van der Waals surface area contributed by atoms with Crippen LogP contribution in [0.25, 0.3) is 0 Å². The molecular formula is C9H14NSb. The van der Waals surface area contributed by atoms with E-state index in [0.29, 0.717) is 0 Å². The Hall–Kier alpha value is -0.162. The monoisotopic (exact) mass is 257 g/mol. The summed E-state index contributed by atoms with van der Waals surface area (Å²) in [4.78, 5) is 4.80. The quantitative estimate of drug-likeness (QED) is 0.638. The van der Waals surface area contributed by atoms with Crippen molar-refractivity contribution in [3.8, 4) is 0 Å². The van der Waals surface area contributed by atoms with Gasteiger partial charge in [-0.1, -0.05) is 0 Å². The second-order valence-corrected chi connectivity index (χ2v) is 10.0. The van der Waals surface area contributed by atoms with Crippen LogP contribution < -0.4 is 5.73 Å². The molecule has 1 rings (SSSR count). The summed E-state index contributed by atoms with van der Waals surface area (Å²) in [6.45, 7) is 0. The molecule has 0 aliphatic carbocycles. The Labute approximate surface area is 75.6 Å². The van der Waals surface area contributed by atoms with Gasteiger partial charge in [0.2, 0.25) is 0 Å². The van der Waals surface area contributed by atoms with Crippen LogP contribution in [-0.2, 0) is 4.37 Å². The van der Waals surface area contributed by atoms with E-state index in [1.807, 2.05) is 12.1 Å². The number of hydrogen-bond donors (Lipinski definition) is 1. The molecule has 1 aromatic rings. The zero-order valence-electron chi connectivity index (χ0n) is 7.04. The van der Waals surface area contributed by atoms with Crippen LogP contribution in [0, 0.1) is 0 Å². The van der Waals surface area contributed by atoms with Gasteiger partial charge in [0.15, 0.2) is 0 Å². The molecule has 0 aliphatic rings. The van der Waals surface area contributed by atoms with Gasteiger partial charge in [-0.2, -0.15) is 0 Å². The fraction of sp³-hybridized carbons (Fsp3) is 0.333. The molecule has 1 nitrogen and oxygen atoms in total. The van der Waals surface area contributed by atoms with Gasteiger partial charge in [-0.15, -0.1) is 0 Å². The SMILES string of the molecule is [CH3][Sb]([CH3])[CH2]c1ccc(N)cc1. The summed E-state index contributed by atoms with van der Waals surface area (Å²) in [6, 6.07) is 8.25. The van der Waals surface area contributed by atoms with Crippen LogP contribution in [0.5, 0.6) is 0 Å². The molecule has 0 amide bonds. The Morgan fingerprint density at radius 3 is 2.18 bits per heavy atom. The molecule has 0 heterocycles. The van der Waals surface area contributed by atoms with Gasteiger partial charge in [0, 0.05) is 0 Å². The van der Waals surface area contributed by atoms with Crippen molar-refractivity contribution < 1.29 is 0 Å². The summed E-state index contributed by atoms with van der Waals surface area (Å²) in [7, 11) is 0. The number of nitrogens with two attached hydrogens (primary N) is 1. The minimum absolute atomic E-state index is 0.830. The van der Waals surface area contributed by atoms with Gasteiger partial charge in [0.05, 0.1) is 0 Å². The van der Waals surface area contributed by atoms with Crippen LogP contribution in [0.4, 0.5) is 5.69 Å². The predicted octanol–water partition coefficient (Wildman–Crippen LogP) is 2.10.